The van der Waals surface area contributed by atoms with Gasteiger partial charge in [0.25, 0.3) is 5.91 Å². The highest BCUT2D eigenvalue weighted by molar-refractivity contribution is 7.09. The molecular formula is C15H13N3OS. The molecule has 0 atom stereocenters. The minimum absolute atomic E-state index is 0.0832. The predicted molar refractivity (Wildman–Crippen MR) is 79.8 cm³/mol. The van der Waals surface area contributed by atoms with Crippen LogP contribution in [0.25, 0.3) is 10.9 Å². The van der Waals surface area contributed by atoms with Gasteiger partial charge in [0, 0.05) is 22.2 Å². The lowest BCUT2D eigenvalue weighted by molar-refractivity contribution is 0.0953. The highest BCUT2D eigenvalue weighted by Gasteiger charge is 2.11. The van der Waals surface area contributed by atoms with Crippen molar-refractivity contribution in [2.45, 2.75) is 13.5 Å². The van der Waals surface area contributed by atoms with Crippen LogP contribution in [0, 0.1) is 6.92 Å². The normalized spacial score (nSPS) is 10.7. The first-order valence-corrected chi connectivity index (χ1v) is 7.14. The number of thiazole rings is 1. The number of nitrogens with one attached hydrogen (secondary N) is 1. The molecule has 100 valence electrons. The van der Waals surface area contributed by atoms with Gasteiger partial charge in [0.15, 0.2) is 0 Å². The number of carbonyl (C=O) groups is 1. The van der Waals surface area contributed by atoms with Gasteiger partial charge < -0.3 is 5.32 Å². The van der Waals surface area contributed by atoms with Crippen molar-refractivity contribution < 1.29 is 4.79 Å². The minimum Gasteiger partial charge on any atom is -0.347 e. The second-order valence-corrected chi connectivity index (χ2v) is 5.45. The van der Waals surface area contributed by atoms with E-state index in [2.05, 4.69) is 15.3 Å². The third-order valence-corrected chi connectivity index (χ3v) is 3.78. The molecule has 0 saturated heterocycles. The van der Waals surface area contributed by atoms with Gasteiger partial charge in [-0.25, -0.2) is 0 Å². The molecular weight excluding hydrogens is 270 g/mol. The monoisotopic (exact) mass is 283 g/mol. The molecule has 0 fully saturated rings. The fourth-order valence-electron chi connectivity index (χ4n) is 2.09. The predicted octanol–water partition coefficient (Wildman–Crippen LogP) is 2.93. The van der Waals surface area contributed by atoms with Gasteiger partial charge in [0.05, 0.1) is 23.1 Å². The van der Waals surface area contributed by atoms with Crippen molar-refractivity contribution in [2.75, 3.05) is 0 Å². The lowest BCUT2D eigenvalue weighted by Crippen LogP contribution is -2.22. The number of nitrogens with zero attached hydrogens (tertiary/aromatic N) is 2. The van der Waals surface area contributed by atoms with Crippen LogP contribution in [0.3, 0.4) is 0 Å². The number of carbonyl (C=O) groups excluding carboxylic acids is 1. The maximum absolute atomic E-state index is 12.4. The Hall–Kier alpha value is -2.27. The quantitative estimate of drug-likeness (QED) is 0.804. The smallest absolute Gasteiger partial charge is 0.252 e. The first-order chi connectivity index (χ1) is 9.74. The largest absolute Gasteiger partial charge is 0.347 e. The van der Waals surface area contributed by atoms with Crippen molar-refractivity contribution in [3.8, 4) is 0 Å². The number of amides is 1. The van der Waals surface area contributed by atoms with E-state index in [-0.39, 0.29) is 5.91 Å². The first kappa shape index (κ1) is 12.7. The Bertz CT molecular complexity index is 753. The second-order valence-electron chi connectivity index (χ2n) is 4.48. The van der Waals surface area contributed by atoms with Crippen LogP contribution in [0.15, 0.2) is 42.0 Å². The van der Waals surface area contributed by atoms with E-state index >= 15 is 0 Å². The van der Waals surface area contributed by atoms with E-state index in [0.29, 0.717) is 12.1 Å². The summed E-state index contributed by atoms with van der Waals surface area (Å²) in [7, 11) is 0. The Kier molecular flexibility index (Phi) is 3.43. The van der Waals surface area contributed by atoms with Crippen LogP contribution in [0.1, 0.15) is 20.9 Å². The van der Waals surface area contributed by atoms with Crippen LogP contribution in [-0.2, 0) is 6.54 Å². The van der Waals surface area contributed by atoms with Crippen LogP contribution >= 0.6 is 11.3 Å². The molecule has 0 aliphatic rings. The molecule has 2 aromatic heterocycles. The van der Waals surface area contributed by atoms with Gasteiger partial charge in [-0.15, -0.1) is 11.3 Å². The van der Waals surface area contributed by atoms with E-state index < -0.39 is 0 Å². The summed E-state index contributed by atoms with van der Waals surface area (Å²) in [5.41, 5.74) is 4.10. The molecule has 0 aliphatic carbocycles. The number of hydrogen-bond donors (Lipinski definition) is 1. The number of benzene rings is 1. The summed E-state index contributed by atoms with van der Waals surface area (Å²) in [6.45, 7) is 2.39. The summed E-state index contributed by atoms with van der Waals surface area (Å²) in [4.78, 5) is 21.8. The standard InChI is InChI=1S/C15H13N3OS/c1-10-6-13(12-4-2-3-5-14(12)18-10)15(19)17-8-11-7-16-9-20-11/h2-7,9H,8H2,1H3,(H,17,19). The molecule has 20 heavy (non-hydrogen) atoms. The summed E-state index contributed by atoms with van der Waals surface area (Å²) in [6.07, 6.45) is 1.76. The molecule has 0 aliphatic heterocycles. The third kappa shape index (κ3) is 2.53. The Labute approximate surface area is 120 Å². The summed E-state index contributed by atoms with van der Waals surface area (Å²) < 4.78 is 0. The number of fused-ring (bicyclic) bond motifs is 1. The molecule has 1 aromatic carbocycles. The Balaban J connectivity index is 1.90. The van der Waals surface area contributed by atoms with Gasteiger partial charge in [-0.3, -0.25) is 14.8 Å². The van der Waals surface area contributed by atoms with E-state index in [1.165, 1.54) is 11.3 Å². The van der Waals surface area contributed by atoms with Crippen molar-refractivity contribution in [3.05, 3.63) is 58.2 Å². The lowest BCUT2D eigenvalue weighted by atomic mass is 10.1. The maximum atomic E-state index is 12.4. The Morgan fingerprint density at radius 3 is 3.00 bits per heavy atom. The van der Waals surface area contributed by atoms with E-state index in [4.69, 9.17) is 0 Å². The molecule has 3 rings (SSSR count). The van der Waals surface area contributed by atoms with E-state index in [1.54, 1.807) is 11.7 Å². The lowest BCUT2D eigenvalue weighted by Gasteiger charge is -2.08. The van der Waals surface area contributed by atoms with Crippen molar-refractivity contribution in [2.24, 2.45) is 0 Å². The summed E-state index contributed by atoms with van der Waals surface area (Å²) in [6, 6.07) is 9.50. The topological polar surface area (TPSA) is 54.9 Å². The zero-order valence-corrected chi connectivity index (χ0v) is 11.8. The number of rotatable bonds is 3. The van der Waals surface area contributed by atoms with Gasteiger partial charge in [-0.2, -0.15) is 0 Å². The van der Waals surface area contributed by atoms with Gasteiger partial charge in [-0.1, -0.05) is 18.2 Å². The van der Waals surface area contributed by atoms with E-state index in [0.717, 1.165) is 21.5 Å². The van der Waals surface area contributed by atoms with Crippen LogP contribution in [0.4, 0.5) is 0 Å². The Morgan fingerprint density at radius 2 is 2.20 bits per heavy atom. The summed E-state index contributed by atoms with van der Waals surface area (Å²) in [5.74, 6) is -0.0832. The van der Waals surface area contributed by atoms with Crippen LogP contribution < -0.4 is 5.32 Å². The molecule has 1 N–H and O–H groups in total. The molecule has 0 bridgehead atoms. The average molecular weight is 283 g/mol. The zero-order chi connectivity index (χ0) is 13.9. The molecule has 5 heteroatoms. The van der Waals surface area contributed by atoms with E-state index in [1.807, 2.05) is 37.3 Å². The zero-order valence-electron chi connectivity index (χ0n) is 11.0. The molecule has 0 radical (unpaired) electrons. The molecule has 2 heterocycles. The fourth-order valence-corrected chi connectivity index (χ4v) is 2.62. The van der Waals surface area contributed by atoms with Crippen molar-refractivity contribution >= 4 is 28.1 Å². The van der Waals surface area contributed by atoms with Gasteiger partial charge >= 0.3 is 0 Å². The number of aromatic nitrogens is 2. The minimum atomic E-state index is -0.0832. The van der Waals surface area contributed by atoms with Crippen molar-refractivity contribution in [1.82, 2.24) is 15.3 Å². The summed E-state index contributed by atoms with van der Waals surface area (Å²) in [5, 5.41) is 3.80. The molecule has 0 unspecified atom stereocenters. The van der Waals surface area contributed by atoms with Gasteiger partial charge in [0.2, 0.25) is 0 Å². The van der Waals surface area contributed by atoms with Gasteiger partial charge in [-0.05, 0) is 19.1 Å². The van der Waals surface area contributed by atoms with E-state index in [9.17, 15) is 4.79 Å². The number of pyridine rings is 1. The number of aryl methyl sites for hydroxylation is 1. The molecule has 0 spiro atoms. The van der Waals surface area contributed by atoms with Crippen molar-refractivity contribution in [3.63, 3.8) is 0 Å². The SMILES string of the molecule is Cc1cc(C(=O)NCc2cncs2)c2ccccc2n1. The number of hydrogen-bond acceptors (Lipinski definition) is 4. The average Bonchev–Trinajstić information content (AvgIpc) is 2.97. The molecule has 1 amide bonds. The molecule has 3 aromatic rings. The van der Waals surface area contributed by atoms with Crippen LogP contribution in [0.5, 0.6) is 0 Å². The summed E-state index contributed by atoms with van der Waals surface area (Å²) >= 11 is 1.53. The van der Waals surface area contributed by atoms with Gasteiger partial charge in [0.1, 0.15) is 0 Å². The second kappa shape index (κ2) is 5.38. The van der Waals surface area contributed by atoms with Crippen molar-refractivity contribution in [1.29, 1.82) is 0 Å². The highest BCUT2D eigenvalue weighted by atomic mass is 32.1. The van der Waals surface area contributed by atoms with Crippen LogP contribution in [-0.4, -0.2) is 15.9 Å². The van der Waals surface area contributed by atoms with Crippen LogP contribution in [0.2, 0.25) is 0 Å². The number of para-hydroxylation sites is 1. The Morgan fingerprint density at radius 1 is 1.35 bits per heavy atom. The highest BCUT2D eigenvalue weighted by Crippen LogP contribution is 2.18. The maximum Gasteiger partial charge on any atom is 0.252 e. The first-order valence-electron chi connectivity index (χ1n) is 6.26. The third-order valence-electron chi connectivity index (χ3n) is 3.00. The molecule has 0 saturated carbocycles. The molecule has 4 nitrogen and oxygen atoms in total. The fraction of sp³-hybridized carbons (Fsp3) is 0.133.